The van der Waals surface area contributed by atoms with Crippen LogP contribution in [-0.2, 0) is 9.90 Å². The van der Waals surface area contributed by atoms with Crippen LogP contribution in [0.2, 0.25) is 0 Å². The first-order valence-electron chi connectivity index (χ1n) is 3.71. The van der Waals surface area contributed by atoms with Gasteiger partial charge >= 0.3 is 5.97 Å². The SMILES string of the molecule is [O]C(=O)CCN1CCCC1. The van der Waals surface area contributed by atoms with Crippen LogP contribution >= 0.6 is 0 Å². The van der Waals surface area contributed by atoms with Gasteiger partial charge in [0.05, 0.1) is 6.42 Å². The Morgan fingerprint density at radius 1 is 1.30 bits per heavy atom. The second kappa shape index (κ2) is 3.56. The van der Waals surface area contributed by atoms with Crippen molar-refractivity contribution in [2.24, 2.45) is 0 Å². The van der Waals surface area contributed by atoms with E-state index in [0.717, 1.165) is 13.1 Å². The highest BCUT2D eigenvalue weighted by Gasteiger charge is 2.12. The molecule has 0 spiro atoms. The van der Waals surface area contributed by atoms with Crippen molar-refractivity contribution in [3.05, 3.63) is 0 Å². The topological polar surface area (TPSA) is 40.2 Å². The van der Waals surface area contributed by atoms with E-state index in [4.69, 9.17) is 0 Å². The van der Waals surface area contributed by atoms with E-state index in [1.807, 2.05) is 0 Å². The molecule has 0 aromatic carbocycles. The van der Waals surface area contributed by atoms with Gasteiger partial charge in [0.1, 0.15) is 0 Å². The first-order chi connectivity index (χ1) is 4.79. The maximum Gasteiger partial charge on any atom is 0.356 e. The summed E-state index contributed by atoms with van der Waals surface area (Å²) in [5.41, 5.74) is 0. The van der Waals surface area contributed by atoms with E-state index in [9.17, 15) is 9.90 Å². The van der Waals surface area contributed by atoms with Gasteiger partial charge in [0.2, 0.25) is 0 Å². The Bertz CT molecular complexity index is 119. The zero-order chi connectivity index (χ0) is 7.40. The van der Waals surface area contributed by atoms with Gasteiger partial charge in [-0.25, -0.2) is 9.90 Å². The molecule has 0 aliphatic carbocycles. The van der Waals surface area contributed by atoms with Crippen LogP contribution in [0.15, 0.2) is 0 Å². The van der Waals surface area contributed by atoms with Crippen LogP contribution in [0.5, 0.6) is 0 Å². The molecule has 1 fully saturated rings. The molecule has 0 bridgehead atoms. The number of rotatable bonds is 3. The fourth-order valence-corrected chi connectivity index (χ4v) is 1.26. The Balaban J connectivity index is 2.07. The van der Waals surface area contributed by atoms with Crippen molar-refractivity contribution in [3.8, 4) is 0 Å². The summed E-state index contributed by atoms with van der Waals surface area (Å²) in [4.78, 5) is 12.2. The van der Waals surface area contributed by atoms with Gasteiger partial charge in [-0.05, 0) is 25.9 Å². The van der Waals surface area contributed by atoms with Crippen molar-refractivity contribution >= 4 is 5.97 Å². The summed E-state index contributed by atoms with van der Waals surface area (Å²) < 4.78 is 0. The van der Waals surface area contributed by atoms with E-state index in [1.54, 1.807) is 0 Å². The van der Waals surface area contributed by atoms with Gasteiger partial charge in [-0.2, -0.15) is 0 Å². The lowest BCUT2D eigenvalue weighted by atomic mass is 10.4. The summed E-state index contributed by atoms with van der Waals surface area (Å²) in [7, 11) is 0. The van der Waals surface area contributed by atoms with Crippen molar-refractivity contribution < 1.29 is 9.90 Å². The molecule has 0 atom stereocenters. The fourth-order valence-electron chi connectivity index (χ4n) is 1.26. The number of hydrogen-bond acceptors (Lipinski definition) is 2. The molecule has 10 heavy (non-hydrogen) atoms. The Kier molecular flexibility index (Phi) is 2.68. The van der Waals surface area contributed by atoms with Crippen LogP contribution in [0.1, 0.15) is 19.3 Å². The largest absolute Gasteiger partial charge is 0.356 e. The first kappa shape index (κ1) is 7.54. The molecule has 57 valence electrons. The van der Waals surface area contributed by atoms with Crippen molar-refractivity contribution in [3.63, 3.8) is 0 Å². The molecule has 3 nitrogen and oxygen atoms in total. The molecule has 1 aliphatic heterocycles. The lowest BCUT2D eigenvalue weighted by Crippen LogP contribution is -2.22. The maximum atomic E-state index is 10.0. The molecule has 0 aromatic rings. The molecule has 1 rings (SSSR count). The molecule has 0 amide bonds. The summed E-state index contributed by atoms with van der Waals surface area (Å²) >= 11 is 0. The van der Waals surface area contributed by atoms with Crippen LogP contribution in [0.25, 0.3) is 0 Å². The Morgan fingerprint density at radius 2 is 1.90 bits per heavy atom. The number of nitrogens with zero attached hydrogens (tertiary/aromatic N) is 1. The smallest absolute Gasteiger partial charge is 0.303 e. The van der Waals surface area contributed by atoms with Crippen LogP contribution in [0.3, 0.4) is 0 Å². The van der Waals surface area contributed by atoms with Gasteiger partial charge < -0.3 is 4.90 Å². The zero-order valence-corrected chi connectivity index (χ0v) is 6.01. The highest BCUT2D eigenvalue weighted by Crippen LogP contribution is 2.06. The molecular formula is C7H12NO2. The minimum atomic E-state index is -0.938. The second-order valence-corrected chi connectivity index (χ2v) is 2.67. The van der Waals surface area contributed by atoms with Crippen molar-refractivity contribution in [2.45, 2.75) is 19.3 Å². The molecule has 1 saturated heterocycles. The molecule has 0 unspecified atom stereocenters. The second-order valence-electron chi connectivity index (χ2n) is 2.67. The molecule has 1 aliphatic rings. The summed E-state index contributed by atoms with van der Waals surface area (Å²) in [6.07, 6.45) is 2.61. The average molecular weight is 142 g/mol. The summed E-state index contributed by atoms with van der Waals surface area (Å²) in [5, 5.41) is 10.0. The first-order valence-corrected chi connectivity index (χ1v) is 3.71. The standard InChI is InChI=1S/C7H12NO2/c9-7(10)3-6-8-4-1-2-5-8/h1-6H2. The normalized spacial score (nSPS) is 19.6. The summed E-state index contributed by atoms with van der Waals surface area (Å²) in [5.74, 6) is -0.938. The van der Waals surface area contributed by atoms with Gasteiger partial charge in [-0.1, -0.05) is 0 Å². The molecule has 0 aromatic heterocycles. The van der Waals surface area contributed by atoms with Gasteiger partial charge in [0.15, 0.2) is 0 Å². The average Bonchev–Trinajstić information content (AvgIpc) is 2.34. The lowest BCUT2D eigenvalue weighted by Gasteiger charge is -2.10. The van der Waals surface area contributed by atoms with Crippen molar-refractivity contribution in [1.29, 1.82) is 0 Å². The fraction of sp³-hybridized carbons (Fsp3) is 0.857. The van der Waals surface area contributed by atoms with Crippen LogP contribution < -0.4 is 0 Å². The minimum absolute atomic E-state index is 0.181. The number of carbonyl (C=O) groups is 1. The van der Waals surface area contributed by atoms with Crippen LogP contribution in [0.4, 0.5) is 0 Å². The highest BCUT2D eigenvalue weighted by molar-refractivity contribution is 5.66. The molecule has 0 saturated carbocycles. The molecule has 1 radical (unpaired) electrons. The van der Waals surface area contributed by atoms with E-state index in [1.165, 1.54) is 12.8 Å². The van der Waals surface area contributed by atoms with E-state index in [0.29, 0.717) is 6.54 Å². The maximum absolute atomic E-state index is 10.0. The van der Waals surface area contributed by atoms with E-state index < -0.39 is 5.97 Å². The predicted molar refractivity (Wildman–Crippen MR) is 36.0 cm³/mol. The third-order valence-electron chi connectivity index (χ3n) is 1.83. The molecule has 1 heterocycles. The van der Waals surface area contributed by atoms with E-state index >= 15 is 0 Å². The van der Waals surface area contributed by atoms with E-state index in [2.05, 4.69) is 4.90 Å². The summed E-state index contributed by atoms with van der Waals surface area (Å²) in [6.45, 7) is 2.79. The Hall–Kier alpha value is -0.570. The van der Waals surface area contributed by atoms with Crippen LogP contribution in [-0.4, -0.2) is 30.5 Å². The zero-order valence-electron chi connectivity index (χ0n) is 6.01. The van der Waals surface area contributed by atoms with E-state index in [-0.39, 0.29) is 6.42 Å². The Labute approximate surface area is 60.6 Å². The van der Waals surface area contributed by atoms with Crippen molar-refractivity contribution in [2.75, 3.05) is 19.6 Å². The Morgan fingerprint density at radius 3 is 2.40 bits per heavy atom. The number of hydrogen-bond donors (Lipinski definition) is 0. The van der Waals surface area contributed by atoms with Gasteiger partial charge in [0.25, 0.3) is 0 Å². The summed E-state index contributed by atoms with van der Waals surface area (Å²) in [6, 6.07) is 0. The lowest BCUT2D eigenvalue weighted by molar-refractivity contribution is -0.143. The number of likely N-dealkylation sites (tertiary alicyclic amines) is 1. The van der Waals surface area contributed by atoms with Crippen molar-refractivity contribution in [1.82, 2.24) is 4.90 Å². The third-order valence-corrected chi connectivity index (χ3v) is 1.83. The quantitative estimate of drug-likeness (QED) is 0.573. The van der Waals surface area contributed by atoms with Gasteiger partial charge in [-0.3, -0.25) is 0 Å². The van der Waals surface area contributed by atoms with Gasteiger partial charge in [-0.15, -0.1) is 0 Å². The van der Waals surface area contributed by atoms with Gasteiger partial charge in [0, 0.05) is 6.54 Å². The third kappa shape index (κ3) is 2.35. The number of carbonyl (C=O) groups excluding carboxylic acids is 1. The molecular weight excluding hydrogens is 130 g/mol. The molecule has 3 heteroatoms. The minimum Gasteiger partial charge on any atom is -0.303 e. The predicted octanol–water partition coefficient (Wildman–Crippen LogP) is 0.429. The molecule has 0 N–H and O–H groups in total. The monoisotopic (exact) mass is 142 g/mol. The van der Waals surface area contributed by atoms with Crippen LogP contribution in [0, 0.1) is 0 Å². The highest BCUT2D eigenvalue weighted by atomic mass is 16.4.